The number of carbonyl (C=O) groups is 1. The van der Waals surface area contributed by atoms with Crippen molar-refractivity contribution in [3.8, 4) is 0 Å². The first-order valence-corrected chi connectivity index (χ1v) is 8.89. The van der Waals surface area contributed by atoms with E-state index in [0.29, 0.717) is 0 Å². The fourth-order valence-corrected chi connectivity index (χ4v) is 1.93. The third-order valence-electron chi connectivity index (χ3n) is 3.62. The summed E-state index contributed by atoms with van der Waals surface area (Å²) in [5.74, 6) is -0.907. The predicted molar refractivity (Wildman–Crippen MR) is 101 cm³/mol. The lowest BCUT2D eigenvalue weighted by Gasteiger charge is -2.01. The van der Waals surface area contributed by atoms with Crippen molar-refractivity contribution < 1.29 is 9.90 Å². The molecule has 1 radical (unpaired) electrons. The summed E-state index contributed by atoms with van der Waals surface area (Å²) in [5, 5.41) is 10.1. The molecule has 3 nitrogen and oxygen atoms in total. The van der Waals surface area contributed by atoms with Crippen molar-refractivity contribution in [2.75, 3.05) is 20.6 Å². The molecule has 22 heavy (non-hydrogen) atoms. The Balaban J connectivity index is -0.000000520. The van der Waals surface area contributed by atoms with Gasteiger partial charge in [-0.05, 0) is 27.1 Å². The average Bonchev–Trinajstić information content (AvgIpc) is 2.45. The van der Waals surface area contributed by atoms with Crippen molar-refractivity contribution in [3.63, 3.8) is 0 Å². The second kappa shape index (κ2) is 23.2. The highest BCUT2D eigenvalue weighted by Gasteiger charge is 1.98. The molecule has 0 fully saturated rings. The van der Waals surface area contributed by atoms with E-state index in [1.807, 2.05) is 0 Å². The molecule has 0 aromatic carbocycles. The van der Waals surface area contributed by atoms with Gasteiger partial charge in [0.25, 0.3) is 0 Å². The maximum absolute atomic E-state index is 10.1. The lowest BCUT2D eigenvalue weighted by atomic mass is 10.1. The van der Waals surface area contributed by atoms with Crippen molar-refractivity contribution in [2.24, 2.45) is 0 Å². The predicted octanol–water partition coefficient (Wildman–Crippen LogP) is 5.79. The molecule has 0 heterocycles. The molecule has 0 aliphatic carbocycles. The molecule has 0 aliphatic rings. The zero-order valence-electron chi connectivity index (χ0n) is 15.4. The minimum absolute atomic E-state index is 0. The molecular formula is C18H39BrNO2. The zero-order valence-corrected chi connectivity index (χ0v) is 17.1. The number of halogens is 1. The van der Waals surface area contributed by atoms with E-state index < -0.39 is 5.97 Å². The Hall–Kier alpha value is -0.0900. The standard InChI is InChI=1S/C14H27O2.C4H11N.BrH/c1-2-3-4-5-6-7-8-9-10-11-12-13-14(15)16;1-4-5(2)3;/h2-13H2,1H3;4H2,1-3H3;1H. The summed E-state index contributed by atoms with van der Waals surface area (Å²) in [5.41, 5.74) is 0. The van der Waals surface area contributed by atoms with Gasteiger partial charge < -0.3 is 4.90 Å². The van der Waals surface area contributed by atoms with Gasteiger partial charge >= 0.3 is 5.97 Å². The van der Waals surface area contributed by atoms with Gasteiger partial charge in [-0.2, -0.15) is 0 Å². The average molecular weight is 381 g/mol. The van der Waals surface area contributed by atoms with E-state index in [9.17, 15) is 9.90 Å². The highest BCUT2D eigenvalue weighted by atomic mass is 79.9. The largest absolute Gasteiger partial charge is 0.355 e. The van der Waals surface area contributed by atoms with E-state index in [4.69, 9.17) is 0 Å². The van der Waals surface area contributed by atoms with Crippen LogP contribution in [0.3, 0.4) is 0 Å². The molecule has 0 aliphatic heterocycles. The lowest BCUT2D eigenvalue weighted by molar-refractivity contribution is -0.143. The van der Waals surface area contributed by atoms with Crippen LogP contribution in [-0.4, -0.2) is 31.5 Å². The molecule has 0 N–H and O–H groups in total. The van der Waals surface area contributed by atoms with Gasteiger partial charge in [0.1, 0.15) is 0 Å². The number of hydrogen-bond donors (Lipinski definition) is 0. The molecule has 0 spiro atoms. The van der Waals surface area contributed by atoms with Crippen molar-refractivity contribution in [1.29, 1.82) is 0 Å². The van der Waals surface area contributed by atoms with Gasteiger partial charge in [0.2, 0.25) is 0 Å². The van der Waals surface area contributed by atoms with Crippen molar-refractivity contribution in [3.05, 3.63) is 0 Å². The number of nitrogens with zero attached hydrogens (tertiary/aromatic N) is 1. The number of carbonyl (C=O) groups excluding carboxylic acids is 1. The summed E-state index contributed by atoms with van der Waals surface area (Å²) in [4.78, 5) is 12.3. The minimum Gasteiger partial charge on any atom is -0.310 e. The molecule has 0 saturated carbocycles. The van der Waals surface area contributed by atoms with Crippen molar-refractivity contribution >= 4 is 23.0 Å². The SMILES string of the molecule is Br.CCCCCCCCCCCCCC([O])=O.CCN(C)C. The van der Waals surface area contributed by atoms with E-state index >= 15 is 0 Å². The second-order valence-corrected chi connectivity index (χ2v) is 6.05. The van der Waals surface area contributed by atoms with Gasteiger partial charge in [0.05, 0.1) is 6.42 Å². The van der Waals surface area contributed by atoms with Gasteiger partial charge in [0, 0.05) is 0 Å². The van der Waals surface area contributed by atoms with Crippen LogP contribution < -0.4 is 0 Å². The van der Waals surface area contributed by atoms with E-state index in [0.717, 1.165) is 19.4 Å². The molecule has 0 saturated heterocycles. The van der Waals surface area contributed by atoms with E-state index in [2.05, 4.69) is 32.8 Å². The van der Waals surface area contributed by atoms with Crippen LogP contribution in [0.4, 0.5) is 0 Å². The fraction of sp³-hybridized carbons (Fsp3) is 0.944. The molecule has 0 unspecified atom stereocenters. The monoisotopic (exact) mass is 380 g/mol. The van der Waals surface area contributed by atoms with E-state index in [1.54, 1.807) is 0 Å². The topological polar surface area (TPSA) is 40.2 Å². The van der Waals surface area contributed by atoms with Crippen LogP contribution in [-0.2, 0) is 9.90 Å². The highest BCUT2D eigenvalue weighted by molar-refractivity contribution is 8.93. The summed E-state index contributed by atoms with van der Waals surface area (Å²) in [6.45, 7) is 5.51. The summed E-state index contributed by atoms with van der Waals surface area (Å²) >= 11 is 0. The van der Waals surface area contributed by atoms with Gasteiger partial charge in [-0.3, -0.25) is 0 Å². The normalized spacial score (nSPS) is 9.86. The first-order chi connectivity index (χ1) is 10.0. The Labute approximate surface area is 149 Å². The fourth-order valence-electron chi connectivity index (χ4n) is 1.93. The molecule has 0 bridgehead atoms. The third kappa shape index (κ3) is 32.0. The molecular weight excluding hydrogens is 342 g/mol. The molecule has 0 amide bonds. The molecule has 0 aromatic rings. The van der Waals surface area contributed by atoms with Gasteiger partial charge in [-0.1, -0.05) is 78.1 Å². The Morgan fingerprint density at radius 1 is 0.727 bits per heavy atom. The zero-order chi connectivity index (χ0) is 16.3. The molecule has 4 heteroatoms. The first kappa shape index (κ1) is 26.8. The van der Waals surface area contributed by atoms with Gasteiger partial charge in [-0.15, -0.1) is 17.0 Å². The van der Waals surface area contributed by atoms with E-state index in [1.165, 1.54) is 57.8 Å². The Kier molecular flexibility index (Phi) is 28.2. The first-order valence-electron chi connectivity index (χ1n) is 8.89. The highest BCUT2D eigenvalue weighted by Crippen LogP contribution is 2.11. The summed E-state index contributed by atoms with van der Waals surface area (Å²) < 4.78 is 0. The molecule has 0 aromatic heterocycles. The Morgan fingerprint density at radius 2 is 1.05 bits per heavy atom. The molecule has 135 valence electrons. The van der Waals surface area contributed by atoms with Crippen LogP contribution in [0.2, 0.25) is 0 Å². The maximum Gasteiger partial charge on any atom is 0.355 e. The summed E-state index contributed by atoms with van der Waals surface area (Å²) in [7, 11) is 4.11. The van der Waals surface area contributed by atoms with Gasteiger partial charge in [0.15, 0.2) is 0 Å². The number of unbranched alkanes of at least 4 members (excludes halogenated alkanes) is 10. The Bertz CT molecular complexity index is 211. The summed E-state index contributed by atoms with van der Waals surface area (Å²) in [6, 6.07) is 0. The van der Waals surface area contributed by atoms with Crippen LogP contribution in [0.25, 0.3) is 0 Å². The smallest absolute Gasteiger partial charge is 0.310 e. The number of hydrogen-bond acceptors (Lipinski definition) is 2. The molecule has 0 rings (SSSR count). The summed E-state index contributed by atoms with van der Waals surface area (Å²) in [6.07, 6.45) is 14.0. The van der Waals surface area contributed by atoms with Crippen LogP contribution >= 0.6 is 17.0 Å². The van der Waals surface area contributed by atoms with Crippen LogP contribution in [0.5, 0.6) is 0 Å². The van der Waals surface area contributed by atoms with E-state index in [-0.39, 0.29) is 23.4 Å². The molecule has 0 atom stereocenters. The second-order valence-electron chi connectivity index (χ2n) is 6.05. The van der Waals surface area contributed by atoms with Crippen LogP contribution in [0, 0.1) is 0 Å². The Morgan fingerprint density at radius 3 is 1.32 bits per heavy atom. The third-order valence-corrected chi connectivity index (χ3v) is 3.62. The lowest BCUT2D eigenvalue weighted by Crippen LogP contribution is -2.08. The van der Waals surface area contributed by atoms with Crippen LogP contribution in [0.1, 0.15) is 90.9 Å². The van der Waals surface area contributed by atoms with Crippen molar-refractivity contribution in [1.82, 2.24) is 4.90 Å². The maximum atomic E-state index is 10.1. The van der Waals surface area contributed by atoms with Crippen molar-refractivity contribution in [2.45, 2.75) is 90.9 Å². The number of rotatable bonds is 13. The van der Waals surface area contributed by atoms with Gasteiger partial charge in [-0.25, -0.2) is 9.90 Å². The quantitative estimate of drug-likeness (QED) is 0.379. The van der Waals surface area contributed by atoms with Crippen LogP contribution in [0.15, 0.2) is 0 Å². The minimum atomic E-state index is -0.907.